The van der Waals surface area contributed by atoms with Gasteiger partial charge >= 0.3 is 0 Å². The van der Waals surface area contributed by atoms with Crippen LogP contribution in [0.5, 0.6) is 0 Å². The quantitative estimate of drug-likeness (QED) is 0.750. The minimum absolute atomic E-state index is 0.104. The van der Waals surface area contributed by atoms with Gasteiger partial charge in [-0.1, -0.05) is 31.6 Å². The van der Waals surface area contributed by atoms with Crippen molar-refractivity contribution in [1.29, 1.82) is 0 Å². The molecule has 0 saturated carbocycles. The number of aliphatic hydroxyl groups is 1. The molecule has 4 heteroatoms. The van der Waals surface area contributed by atoms with Crippen LogP contribution in [-0.2, 0) is 0 Å². The number of aliphatic hydroxyl groups excluding tert-OH is 1. The number of nitrogens with zero attached hydrogens (tertiary/aromatic N) is 2. The van der Waals surface area contributed by atoms with Crippen molar-refractivity contribution in [2.45, 2.75) is 59.1 Å². The van der Waals surface area contributed by atoms with Crippen molar-refractivity contribution in [3.05, 3.63) is 53.0 Å². The molecule has 0 aromatic heterocycles. The van der Waals surface area contributed by atoms with Crippen LogP contribution in [0.25, 0.3) is 0 Å². The molecule has 4 rings (SSSR count). The highest BCUT2D eigenvalue weighted by atomic mass is 19.1. The second-order valence-electron chi connectivity index (χ2n) is 9.49. The van der Waals surface area contributed by atoms with Gasteiger partial charge in [-0.05, 0) is 74.6 Å². The molecule has 1 aromatic carbocycles. The van der Waals surface area contributed by atoms with E-state index in [4.69, 9.17) is 0 Å². The molecule has 0 radical (unpaired) electrons. The van der Waals surface area contributed by atoms with E-state index < -0.39 is 0 Å². The average Bonchev–Trinajstić information content (AvgIpc) is 3.05. The average molecular weight is 399 g/mol. The first-order valence-corrected chi connectivity index (χ1v) is 11.3. The Balaban J connectivity index is 1.36. The summed E-state index contributed by atoms with van der Waals surface area (Å²) in [6, 6.07) is 5.41. The molecule has 4 atom stereocenters. The smallest absolute Gasteiger partial charge is 0.146 e. The third-order valence-corrected chi connectivity index (χ3v) is 7.29. The van der Waals surface area contributed by atoms with Crippen molar-refractivity contribution in [3.63, 3.8) is 0 Å². The van der Waals surface area contributed by atoms with Gasteiger partial charge in [0, 0.05) is 31.2 Å². The predicted octanol–water partition coefficient (Wildman–Crippen LogP) is 5.25. The number of rotatable bonds is 4. The van der Waals surface area contributed by atoms with Crippen molar-refractivity contribution in [2.24, 2.45) is 17.8 Å². The van der Waals surface area contributed by atoms with Crippen LogP contribution in [0.2, 0.25) is 0 Å². The molecule has 2 aliphatic heterocycles. The summed E-state index contributed by atoms with van der Waals surface area (Å²) in [5.74, 6) is 1.48. The molecule has 0 amide bonds. The number of likely N-dealkylation sites (tertiary alicyclic amines) is 1. The number of anilines is 1. The van der Waals surface area contributed by atoms with Crippen LogP contribution >= 0.6 is 0 Å². The van der Waals surface area contributed by atoms with E-state index in [9.17, 15) is 9.50 Å². The van der Waals surface area contributed by atoms with Gasteiger partial charge < -0.3 is 14.9 Å². The van der Waals surface area contributed by atoms with E-state index in [1.807, 2.05) is 19.1 Å². The fourth-order valence-electron chi connectivity index (χ4n) is 5.24. The standard InChI is InChI=1S/C25H35FN2O/c1-17-4-9-23(26)24(14-17)27-12-11-21(19(3)16-27)15-20-5-7-22(8-6-20)28-13-10-18(2)25(28)29/h4-5,7,9,14,18-19,21,25,29H,6,8,10-13,15-16H2,1-3H3. The minimum atomic E-state index is -0.317. The monoisotopic (exact) mass is 398 g/mol. The Morgan fingerprint density at radius 1 is 1.07 bits per heavy atom. The van der Waals surface area contributed by atoms with Gasteiger partial charge in [0.05, 0.1) is 5.69 Å². The van der Waals surface area contributed by atoms with E-state index in [-0.39, 0.29) is 12.0 Å². The fourth-order valence-corrected chi connectivity index (χ4v) is 5.24. The second-order valence-corrected chi connectivity index (χ2v) is 9.49. The predicted molar refractivity (Wildman–Crippen MR) is 117 cm³/mol. The van der Waals surface area contributed by atoms with Crippen LogP contribution in [0.1, 0.15) is 51.5 Å². The van der Waals surface area contributed by atoms with Gasteiger partial charge in [0.1, 0.15) is 12.0 Å². The lowest BCUT2D eigenvalue weighted by Crippen LogP contribution is -2.40. The van der Waals surface area contributed by atoms with E-state index in [1.54, 1.807) is 6.07 Å². The van der Waals surface area contributed by atoms with E-state index in [2.05, 4.69) is 35.8 Å². The number of halogens is 1. The Hall–Kier alpha value is -1.81. The van der Waals surface area contributed by atoms with Gasteiger partial charge in [-0.15, -0.1) is 0 Å². The molecule has 3 aliphatic rings. The van der Waals surface area contributed by atoms with Gasteiger partial charge in [-0.3, -0.25) is 0 Å². The summed E-state index contributed by atoms with van der Waals surface area (Å²) in [5.41, 5.74) is 4.70. The maximum absolute atomic E-state index is 14.3. The first-order valence-electron chi connectivity index (χ1n) is 11.3. The summed E-state index contributed by atoms with van der Waals surface area (Å²) in [6.07, 6.45) is 9.70. The van der Waals surface area contributed by atoms with E-state index in [0.29, 0.717) is 17.8 Å². The summed E-state index contributed by atoms with van der Waals surface area (Å²) in [5, 5.41) is 10.4. The van der Waals surface area contributed by atoms with Crippen LogP contribution in [0.4, 0.5) is 10.1 Å². The highest BCUT2D eigenvalue weighted by Crippen LogP contribution is 2.36. The normalized spacial score (nSPS) is 30.4. The van der Waals surface area contributed by atoms with Crippen molar-refractivity contribution < 1.29 is 9.50 Å². The summed E-state index contributed by atoms with van der Waals surface area (Å²) < 4.78 is 14.3. The Bertz CT molecular complexity index is 802. The number of hydrogen-bond acceptors (Lipinski definition) is 3. The Labute approximate surface area is 174 Å². The topological polar surface area (TPSA) is 26.7 Å². The zero-order chi connectivity index (χ0) is 20.5. The van der Waals surface area contributed by atoms with Gasteiger partial charge in [-0.2, -0.15) is 0 Å². The molecule has 2 heterocycles. The van der Waals surface area contributed by atoms with Crippen LogP contribution in [0.15, 0.2) is 41.6 Å². The molecule has 2 saturated heterocycles. The lowest BCUT2D eigenvalue weighted by Gasteiger charge is -2.39. The van der Waals surface area contributed by atoms with Crippen molar-refractivity contribution >= 4 is 5.69 Å². The number of allylic oxidation sites excluding steroid dienone is 4. The van der Waals surface area contributed by atoms with Crippen molar-refractivity contribution in [1.82, 2.24) is 4.90 Å². The maximum atomic E-state index is 14.3. The summed E-state index contributed by atoms with van der Waals surface area (Å²) in [6.45, 7) is 9.31. The van der Waals surface area contributed by atoms with Crippen LogP contribution in [0, 0.1) is 30.5 Å². The zero-order valence-corrected chi connectivity index (χ0v) is 18.1. The number of benzene rings is 1. The summed E-state index contributed by atoms with van der Waals surface area (Å²) >= 11 is 0. The first kappa shape index (κ1) is 20.5. The van der Waals surface area contributed by atoms with Crippen LogP contribution in [-0.4, -0.2) is 35.9 Å². The van der Waals surface area contributed by atoms with Crippen LogP contribution in [0.3, 0.4) is 0 Å². The molecule has 1 N–H and O–H groups in total. The number of hydrogen-bond donors (Lipinski definition) is 1. The Morgan fingerprint density at radius 3 is 2.55 bits per heavy atom. The van der Waals surface area contributed by atoms with Gasteiger partial charge in [0.2, 0.25) is 0 Å². The van der Waals surface area contributed by atoms with E-state index >= 15 is 0 Å². The van der Waals surface area contributed by atoms with Gasteiger partial charge in [0.25, 0.3) is 0 Å². The minimum Gasteiger partial charge on any atom is -0.373 e. The molecule has 1 aromatic rings. The highest BCUT2D eigenvalue weighted by Gasteiger charge is 2.32. The van der Waals surface area contributed by atoms with E-state index in [0.717, 1.165) is 63.0 Å². The molecular weight excluding hydrogens is 363 g/mol. The third kappa shape index (κ3) is 4.37. The molecule has 0 spiro atoms. The Morgan fingerprint density at radius 2 is 1.90 bits per heavy atom. The van der Waals surface area contributed by atoms with Crippen LogP contribution < -0.4 is 4.90 Å². The lowest BCUT2D eigenvalue weighted by atomic mass is 9.80. The summed E-state index contributed by atoms with van der Waals surface area (Å²) in [4.78, 5) is 4.42. The SMILES string of the molecule is Cc1ccc(F)c(N2CCC(CC3=CC=C(N4CCC(C)C4O)CC3)C(C)C2)c1. The van der Waals surface area contributed by atoms with Crippen molar-refractivity contribution in [3.8, 4) is 0 Å². The van der Waals surface area contributed by atoms with E-state index in [1.165, 1.54) is 11.3 Å². The molecule has 4 unspecified atom stereocenters. The summed E-state index contributed by atoms with van der Waals surface area (Å²) in [7, 11) is 0. The molecule has 3 nitrogen and oxygen atoms in total. The van der Waals surface area contributed by atoms with Crippen molar-refractivity contribution in [2.75, 3.05) is 24.5 Å². The zero-order valence-electron chi connectivity index (χ0n) is 18.1. The number of piperidine rings is 1. The van der Waals surface area contributed by atoms with Gasteiger partial charge in [-0.25, -0.2) is 4.39 Å². The fraction of sp³-hybridized carbons (Fsp3) is 0.600. The molecule has 0 bridgehead atoms. The third-order valence-electron chi connectivity index (χ3n) is 7.29. The van der Waals surface area contributed by atoms with Gasteiger partial charge in [0.15, 0.2) is 0 Å². The Kier molecular flexibility index (Phi) is 6.00. The molecule has 29 heavy (non-hydrogen) atoms. The molecular formula is C25H35FN2O. The molecule has 1 aliphatic carbocycles. The maximum Gasteiger partial charge on any atom is 0.146 e. The largest absolute Gasteiger partial charge is 0.373 e. The molecule has 2 fully saturated rings. The number of aryl methyl sites for hydroxylation is 1. The molecule has 158 valence electrons. The second kappa shape index (κ2) is 8.51. The first-order chi connectivity index (χ1) is 13.9. The lowest BCUT2D eigenvalue weighted by molar-refractivity contribution is 0.0317. The highest BCUT2D eigenvalue weighted by molar-refractivity contribution is 5.50.